The molecule has 9 heteroatoms. The molecule has 29 heavy (non-hydrogen) atoms. The predicted molar refractivity (Wildman–Crippen MR) is 108 cm³/mol. The summed E-state index contributed by atoms with van der Waals surface area (Å²) in [6, 6.07) is 7.63. The minimum absolute atomic E-state index is 0.184. The molecule has 0 radical (unpaired) electrons. The van der Waals surface area contributed by atoms with Crippen molar-refractivity contribution in [2.75, 3.05) is 5.75 Å². The second-order valence-electron chi connectivity index (χ2n) is 7.81. The SMILES string of the molecule is CC1=C(C(=O)OC(C)(C)C)N2C(=O)[C@@H](NC(=O)C(=NO)c3ccccc3)[C@H]2SC1. The van der Waals surface area contributed by atoms with Crippen molar-refractivity contribution in [2.24, 2.45) is 5.16 Å². The number of nitrogens with one attached hydrogen (secondary N) is 1. The highest BCUT2D eigenvalue weighted by atomic mass is 32.2. The molecule has 1 saturated heterocycles. The summed E-state index contributed by atoms with van der Waals surface area (Å²) in [5.41, 5.74) is 0.543. The Bertz CT molecular complexity index is 904. The zero-order valence-electron chi connectivity index (χ0n) is 16.6. The molecule has 2 atom stereocenters. The van der Waals surface area contributed by atoms with Crippen LogP contribution in [0.25, 0.3) is 0 Å². The van der Waals surface area contributed by atoms with Gasteiger partial charge in [0.25, 0.3) is 11.8 Å². The number of β-lactam (4-membered cyclic amide) rings is 1. The molecular formula is C20H23N3O5S. The van der Waals surface area contributed by atoms with E-state index in [0.717, 1.165) is 5.57 Å². The third kappa shape index (κ3) is 4.14. The van der Waals surface area contributed by atoms with Crippen LogP contribution < -0.4 is 5.32 Å². The number of fused-ring (bicyclic) bond motifs is 1. The third-order valence-electron chi connectivity index (χ3n) is 4.40. The van der Waals surface area contributed by atoms with E-state index in [1.54, 1.807) is 58.0 Å². The summed E-state index contributed by atoms with van der Waals surface area (Å²) in [4.78, 5) is 39.3. The number of carbonyl (C=O) groups is 3. The molecule has 2 heterocycles. The van der Waals surface area contributed by atoms with Crippen LogP contribution in [0.1, 0.15) is 33.3 Å². The van der Waals surface area contributed by atoms with Crippen molar-refractivity contribution < 1.29 is 24.3 Å². The molecule has 0 aromatic heterocycles. The molecule has 154 valence electrons. The van der Waals surface area contributed by atoms with Gasteiger partial charge in [-0.25, -0.2) is 4.79 Å². The van der Waals surface area contributed by atoms with Gasteiger partial charge in [0, 0.05) is 11.3 Å². The first-order valence-electron chi connectivity index (χ1n) is 9.10. The number of ether oxygens (including phenoxy) is 1. The Morgan fingerprint density at radius 3 is 2.52 bits per heavy atom. The zero-order valence-corrected chi connectivity index (χ0v) is 17.4. The minimum atomic E-state index is -0.821. The standard InChI is InChI=1S/C20H23N3O5S/c1-11-10-29-18-14(17(25)23(18)15(11)19(26)28-20(2,3)4)21-16(24)13(22-27)12-8-6-5-7-9-12/h5-9,14,18,27H,10H2,1-4H3,(H,21,24)/t14-,18-/m1/s1. The Balaban J connectivity index is 1.75. The maximum absolute atomic E-state index is 12.8. The Labute approximate surface area is 173 Å². The van der Waals surface area contributed by atoms with Gasteiger partial charge in [-0.05, 0) is 33.3 Å². The highest BCUT2D eigenvalue weighted by Crippen LogP contribution is 2.40. The summed E-state index contributed by atoms with van der Waals surface area (Å²) in [5.74, 6) is -1.08. The number of benzene rings is 1. The zero-order chi connectivity index (χ0) is 21.3. The van der Waals surface area contributed by atoms with E-state index in [2.05, 4.69) is 10.5 Å². The second-order valence-corrected chi connectivity index (χ2v) is 8.91. The summed E-state index contributed by atoms with van der Waals surface area (Å²) in [6.45, 7) is 7.07. The van der Waals surface area contributed by atoms with Crippen LogP contribution in [-0.4, -0.2) is 56.4 Å². The fourth-order valence-corrected chi connectivity index (χ4v) is 4.42. The van der Waals surface area contributed by atoms with E-state index in [4.69, 9.17) is 4.74 Å². The van der Waals surface area contributed by atoms with Crippen LogP contribution in [0.15, 0.2) is 46.8 Å². The molecule has 1 aromatic rings. The number of amides is 2. The Morgan fingerprint density at radius 1 is 1.28 bits per heavy atom. The van der Waals surface area contributed by atoms with Gasteiger partial charge in [-0.3, -0.25) is 14.5 Å². The molecule has 0 bridgehead atoms. The molecule has 2 aliphatic heterocycles. The highest BCUT2D eigenvalue weighted by molar-refractivity contribution is 8.00. The molecular weight excluding hydrogens is 394 g/mol. The fourth-order valence-electron chi connectivity index (χ4n) is 3.13. The molecule has 2 amide bonds. The van der Waals surface area contributed by atoms with Crippen molar-refractivity contribution in [1.29, 1.82) is 0 Å². The number of hydrogen-bond acceptors (Lipinski definition) is 7. The van der Waals surface area contributed by atoms with Crippen molar-refractivity contribution >= 4 is 35.3 Å². The van der Waals surface area contributed by atoms with Gasteiger partial charge < -0.3 is 15.3 Å². The summed E-state index contributed by atoms with van der Waals surface area (Å²) in [6.07, 6.45) is 0. The van der Waals surface area contributed by atoms with Crippen LogP contribution in [0, 0.1) is 0 Å². The number of nitrogens with zero attached hydrogens (tertiary/aromatic N) is 2. The Morgan fingerprint density at radius 2 is 1.93 bits per heavy atom. The molecule has 0 unspecified atom stereocenters. The highest BCUT2D eigenvalue weighted by Gasteiger charge is 2.54. The maximum atomic E-state index is 12.8. The summed E-state index contributed by atoms with van der Waals surface area (Å²) < 4.78 is 5.44. The first-order chi connectivity index (χ1) is 13.6. The van der Waals surface area contributed by atoms with E-state index in [1.165, 1.54) is 16.7 Å². The summed E-state index contributed by atoms with van der Waals surface area (Å²) >= 11 is 1.45. The van der Waals surface area contributed by atoms with Gasteiger partial charge in [0.15, 0.2) is 5.71 Å². The Hall–Kier alpha value is -2.81. The summed E-state index contributed by atoms with van der Waals surface area (Å²) in [7, 11) is 0. The molecule has 1 aromatic carbocycles. The van der Waals surface area contributed by atoms with Crippen LogP contribution >= 0.6 is 11.8 Å². The van der Waals surface area contributed by atoms with Gasteiger partial charge in [0.1, 0.15) is 22.7 Å². The number of carbonyl (C=O) groups excluding carboxylic acids is 3. The number of rotatable bonds is 4. The van der Waals surface area contributed by atoms with E-state index in [-0.39, 0.29) is 11.4 Å². The van der Waals surface area contributed by atoms with E-state index in [9.17, 15) is 19.6 Å². The van der Waals surface area contributed by atoms with Crippen LogP contribution in [0.2, 0.25) is 0 Å². The van der Waals surface area contributed by atoms with Crippen molar-refractivity contribution in [3.63, 3.8) is 0 Å². The Kier molecular flexibility index (Phi) is 5.70. The average molecular weight is 417 g/mol. The van der Waals surface area contributed by atoms with Crippen LogP contribution in [0.4, 0.5) is 0 Å². The van der Waals surface area contributed by atoms with E-state index >= 15 is 0 Å². The van der Waals surface area contributed by atoms with Crippen molar-refractivity contribution in [1.82, 2.24) is 10.2 Å². The number of esters is 1. The van der Waals surface area contributed by atoms with Gasteiger partial charge in [0.05, 0.1) is 0 Å². The second kappa shape index (κ2) is 7.90. The van der Waals surface area contributed by atoms with Crippen molar-refractivity contribution in [2.45, 2.75) is 44.7 Å². The lowest BCUT2D eigenvalue weighted by Gasteiger charge is -2.49. The molecule has 2 N–H and O–H groups in total. The first-order valence-corrected chi connectivity index (χ1v) is 10.1. The van der Waals surface area contributed by atoms with Gasteiger partial charge in [-0.2, -0.15) is 0 Å². The van der Waals surface area contributed by atoms with Crippen LogP contribution in [0.5, 0.6) is 0 Å². The normalized spacial score (nSPS) is 22.0. The average Bonchev–Trinajstić information content (AvgIpc) is 2.66. The number of hydrogen-bond donors (Lipinski definition) is 2. The first kappa shape index (κ1) is 20.9. The molecule has 8 nitrogen and oxygen atoms in total. The fraction of sp³-hybridized carbons (Fsp3) is 0.400. The lowest BCUT2D eigenvalue weighted by atomic mass is 10.0. The third-order valence-corrected chi connectivity index (χ3v) is 5.82. The van der Waals surface area contributed by atoms with Gasteiger partial charge in [-0.15, -0.1) is 11.8 Å². The van der Waals surface area contributed by atoms with Gasteiger partial charge >= 0.3 is 5.97 Å². The molecule has 1 fully saturated rings. The topological polar surface area (TPSA) is 108 Å². The lowest BCUT2D eigenvalue weighted by Crippen LogP contribution is -2.71. The van der Waals surface area contributed by atoms with Gasteiger partial charge in [-0.1, -0.05) is 35.5 Å². The predicted octanol–water partition coefficient (Wildman–Crippen LogP) is 1.88. The van der Waals surface area contributed by atoms with Crippen LogP contribution in [0.3, 0.4) is 0 Å². The molecule has 3 rings (SSSR count). The molecule has 2 aliphatic rings. The monoisotopic (exact) mass is 417 g/mol. The molecule has 0 aliphatic carbocycles. The van der Waals surface area contributed by atoms with E-state index < -0.39 is 34.8 Å². The van der Waals surface area contributed by atoms with Crippen LogP contribution in [-0.2, 0) is 19.1 Å². The number of thioether (sulfide) groups is 1. The number of oxime groups is 1. The largest absolute Gasteiger partial charge is 0.455 e. The lowest BCUT2D eigenvalue weighted by molar-refractivity contribution is -0.158. The van der Waals surface area contributed by atoms with E-state index in [1.807, 2.05) is 0 Å². The van der Waals surface area contributed by atoms with Crippen molar-refractivity contribution in [3.8, 4) is 0 Å². The minimum Gasteiger partial charge on any atom is -0.455 e. The molecule has 0 saturated carbocycles. The van der Waals surface area contributed by atoms with E-state index in [0.29, 0.717) is 11.3 Å². The van der Waals surface area contributed by atoms with Gasteiger partial charge in [0.2, 0.25) is 0 Å². The summed E-state index contributed by atoms with van der Waals surface area (Å²) in [5, 5.41) is 14.5. The maximum Gasteiger partial charge on any atom is 0.355 e. The quantitative estimate of drug-likeness (QED) is 0.255. The molecule has 0 spiro atoms. The van der Waals surface area contributed by atoms with Crippen molar-refractivity contribution in [3.05, 3.63) is 47.2 Å². The smallest absolute Gasteiger partial charge is 0.355 e.